The molecule has 1 aliphatic heterocycles. The molecule has 1 N–H and O–H groups in total. The van der Waals surface area contributed by atoms with E-state index in [-0.39, 0.29) is 40.0 Å². The number of rotatable bonds is 1. The van der Waals surface area contributed by atoms with Gasteiger partial charge in [-0.3, -0.25) is 24.1 Å². The molecule has 4 atom stereocenters. The maximum absolute atomic E-state index is 13.6. The minimum absolute atomic E-state index is 0.00253. The number of hydrogen-bond acceptors (Lipinski definition) is 5. The summed E-state index contributed by atoms with van der Waals surface area (Å²) in [6, 6.07) is 4.99. The van der Waals surface area contributed by atoms with Crippen LogP contribution in [0.5, 0.6) is 5.75 Å². The Hall–Kier alpha value is -2.32. The van der Waals surface area contributed by atoms with E-state index in [9.17, 15) is 24.3 Å². The third-order valence-corrected chi connectivity index (χ3v) is 8.38. The number of allylic oxidation sites excluding steroid dienone is 6. The van der Waals surface area contributed by atoms with Gasteiger partial charge in [0, 0.05) is 38.7 Å². The van der Waals surface area contributed by atoms with Crippen LogP contribution in [0.1, 0.15) is 45.1 Å². The molecular formula is C26H23Br2NO5. The second-order valence-corrected chi connectivity index (χ2v) is 12.0. The first kappa shape index (κ1) is 23.4. The number of phenols is 1. The SMILES string of the molecule is CC(C)(C)N1C(=O)C2CC=C3C(c4cc(Br)ccc4O)C4=C(CC3C2C1=O)C(=O)C(Br)=CC4=O. The van der Waals surface area contributed by atoms with E-state index in [1.54, 1.807) is 18.2 Å². The van der Waals surface area contributed by atoms with Crippen molar-refractivity contribution < 1.29 is 24.3 Å². The first-order valence-electron chi connectivity index (χ1n) is 11.2. The number of aromatic hydroxyl groups is 1. The number of nitrogens with zero attached hydrogens (tertiary/aromatic N) is 1. The molecule has 0 aromatic heterocycles. The minimum Gasteiger partial charge on any atom is -0.508 e. The van der Waals surface area contributed by atoms with E-state index in [1.807, 2.05) is 26.8 Å². The first-order valence-corrected chi connectivity index (χ1v) is 12.8. The summed E-state index contributed by atoms with van der Waals surface area (Å²) in [5.41, 5.74) is 1.34. The van der Waals surface area contributed by atoms with Gasteiger partial charge in [0.05, 0.1) is 16.3 Å². The highest BCUT2D eigenvalue weighted by molar-refractivity contribution is 9.12. The third kappa shape index (κ3) is 3.33. The van der Waals surface area contributed by atoms with Crippen LogP contribution in [0.2, 0.25) is 0 Å². The van der Waals surface area contributed by atoms with E-state index < -0.39 is 29.2 Å². The van der Waals surface area contributed by atoms with Gasteiger partial charge in [-0.15, -0.1) is 0 Å². The average Bonchev–Trinajstić information content (AvgIpc) is 3.02. The Balaban J connectivity index is 1.71. The number of imide groups is 1. The van der Waals surface area contributed by atoms with E-state index in [0.717, 1.165) is 10.0 Å². The molecule has 1 aromatic carbocycles. The first-order chi connectivity index (χ1) is 15.9. The van der Waals surface area contributed by atoms with Gasteiger partial charge in [-0.05, 0) is 73.7 Å². The molecule has 176 valence electrons. The Kier molecular flexibility index (Phi) is 5.41. The lowest BCUT2D eigenvalue weighted by Gasteiger charge is -2.42. The van der Waals surface area contributed by atoms with Gasteiger partial charge in [0.1, 0.15) is 5.75 Å². The number of benzene rings is 1. The quantitative estimate of drug-likeness (QED) is 0.291. The molecule has 2 amide bonds. The van der Waals surface area contributed by atoms with Crippen molar-refractivity contribution in [3.8, 4) is 5.75 Å². The molecule has 0 spiro atoms. The van der Waals surface area contributed by atoms with Crippen molar-refractivity contribution in [3.63, 3.8) is 0 Å². The number of likely N-dealkylation sites (tertiary alicyclic amines) is 1. The number of ketones is 2. The van der Waals surface area contributed by atoms with Crippen LogP contribution in [0.15, 0.2) is 56.0 Å². The van der Waals surface area contributed by atoms with Crippen LogP contribution in [0.25, 0.3) is 0 Å². The van der Waals surface area contributed by atoms with Crippen LogP contribution in [-0.2, 0) is 19.2 Å². The molecule has 34 heavy (non-hydrogen) atoms. The van der Waals surface area contributed by atoms with Gasteiger partial charge in [0.15, 0.2) is 11.6 Å². The molecule has 5 rings (SSSR count). The summed E-state index contributed by atoms with van der Waals surface area (Å²) in [5, 5.41) is 10.8. The molecule has 0 saturated carbocycles. The Morgan fingerprint density at radius 2 is 1.74 bits per heavy atom. The highest BCUT2D eigenvalue weighted by atomic mass is 79.9. The van der Waals surface area contributed by atoms with Crippen molar-refractivity contribution in [1.29, 1.82) is 0 Å². The Bertz CT molecular complexity index is 1280. The molecule has 1 aromatic rings. The van der Waals surface area contributed by atoms with Gasteiger partial charge in [-0.2, -0.15) is 0 Å². The molecule has 3 aliphatic carbocycles. The standard InChI is InChI=1S/C26H23Br2NO5/c1-26(2,3)29-24(33)13-6-5-12-14(21(13)25(29)34)9-16-22(19(31)10-17(28)23(16)32)20(12)15-8-11(27)4-7-18(15)30/h4-5,7-8,10,13-14,20-21,30H,6,9H2,1-3H3. The fourth-order valence-electron chi connectivity index (χ4n) is 5.98. The van der Waals surface area contributed by atoms with Gasteiger partial charge in [0.25, 0.3) is 0 Å². The van der Waals surface area contributed by atoms with E-state index >= 15 is 0 Å². The topological polar surface area (TPSA) is 91.8 Å². The predicted octanol–water partition coefficient (Wildman–Crippen LogP) is 4.72. The molecule has 8 heteroatoms. The van der Waals surface area contributed by atoms with Crippen molar-refractivity contribution in [2.75, 3.05) is 0 Å². The summed E-state index contributed by atoms with van der Waals surface area (Å²) < 4.78 is 0.898. The van der Waals surface area contributed by atoms with Crippen LogP contribution in [0.4, 0.5) is 0 Å². The van der Waals surface area contributed by atoms with Crippen molar-refractivity contribution in [3.05, 3.63) is 61.6 Å². The fraction of sp³-hybridized carbons (Fsp3) is 0.385. The zero-order chi connectivity index (χ0) is 24.7. The van der Waals surface area contributed by atoms with Crippen molar-refractivity contribution in [1.82, 2.24) is 4.90 Å². The number of hydrogen-bond donors (Lipinski definition) is 1. The number of amides is 2. The van der Waals surface area contributed by atoms with Gasteiger partial charge < -0.3 is 5.11 Å². The number of Topliss-reactive ketones (excluding diaryl/α,β-unsaturated/α-hetero) is 1. The van der Waals surface area contributed by atoms with Gasteiger partial charge in [0.2, 0.25) is 11.8 Å². The Morgan fingerprint density at radius 1 is 1.03 bits per heavy atom. The number of carbonyl (C=O) groups is 4. The number of phenolic OH excluding ortho intramolecular Hbond substituents is 1. The van der Waals surface area contributed by atoms with Crippen LogP contribution in [0, 0.1) is 17.8 Å². The maximum Gasteiger partial charge on any atom is 0.234 e. The van der Waals surface area contributed by atoms with Crippen LogP contribution >= 0.6 is 31.9 Å². The zero-order valence-corrected chi connectivity index (χ0v) is 22.1. The Labute approximate surface area is 214 Å². The molecule has 0 radical (unpaired) electrons. The lowest BCUT2D eigenvalue weighted by atomic mass is 9.59. The monoisotopic (exact) mass is 587 g/mol. The number of fused-ring (bicyclic) bond motifs is 3. The van der Waals surface area contributed by atoms with E-state index in [0.29, 0.717) is 23.1 Å². The van der Waals surface area contributed by atoms with Crippen LogP contribution in [-0.4, -0.2) is 38.9 Å². The molecular weight excluding hydrogens is 566 g/mol. The molecule has 4 unspecified atom stereocenters. The maximum atomic E-state index is 13.6. The molecule has 1 fully saturated rings. The normalized spacial score (nSPS) is 29.0. The van der Waals surface area contributed by atoms with Gasteiger partial charge in [-0.25, -0.2) is 0 Å². The lowest BCUT2D eigenvalue weighted by Crippen LogP contribution is -2.46. The van der Waals surface area contributed by atoms with Crippen molar-refractivity contribution >= 4 is 55.2 Å². The van der Waals surface area contributed by atoms with Crippen LogP contribution in [0.3, 0.4) is 0 Å². The lowest BCUT2D eigenvalue weighted by molar-refractivity contribution is -0.145. The summed E-state index contributed by atoms with van der Waals surface area (Å²) in [4.78, 5) is 54.6. The number of halogens is 2. The summed E-state index contributed by atoms with van der Waals surface area (Å²) in [5.74, 6) is -3.19. The highest BCUT2D eigenvalue weighted by Gasteiger charge is 2.58. The molecule has 4 aliphatic rings. The van der Waals surface area contributed by atoms with E-state index in [2.05, 4.69) is 31.9 Å². The summed E-state index contributed by atoms with van der Waals surface area (Å²) in [6.45, 7) is 5.51. The second-order valence-electron chi connectivity index (χ2n) is 10.3. The van der Waals surface area contributed by atoms with E-state index in [1.165, 1.54) is 11.0 Å². The molecule has 1 saturated heterocycles. The molecule has 1 heterocycles. The summed E-state index contributed by atoms with van der Waals surface area (Å²) >= 11 is 6.66. The Morgan fingerprint density at radius 3 is 2.41 bits per heavy atom. The minimum atomic E-state index is -0.674. The molecule has 6 nitrogen and oxygen atoms in total. The second kappa shape index (κ2) is 7.85. The summed E-state index contributed by atoms with van der Waals surface area (Å²) in [7, 11) is 0. The smallest absolute Gasteiger partial charge is 0.234 e. The largest absolute Gasteiger partial charge is 0.508 e. The zero-order valence-electron chi connectivity index (χ0n) is 18.9. The van der Waals surface area contributed by atoms with Crippen LogP contribution < -0.4 is 0 Å². The van der Waals surface area contributed by atoms with Crippen molar-refractivity contribution in [2.24, 2.45) is 17.8 Å². The number of carbonyl (C=O) groups excluding carboxylic acids is 4. The summed E-state index contributed by atoms with van der Waals surface area (Å²) in [6.07, 6.45) is 3.81. The molecule has 0 bridgehead atoms. The van der Waals surface area contributed by atoms with Crippen molar-refractivity contribution in [2.45, 2.75) is 45.1 Å². The van der Waals surface area contributed by atoms with Gasteiger partial charge in [-0.1, -0.05) is 27.6 Å². The average molecular weight is 589 g/mol. The predicted molar refractivity (Wildman–Crippen MR) is 132 cm³/mol. The van der Waals surface area contributed by atoms with Gasteiger partial charge >= 0.3 is 0 Å². The highest BCUT2D eigenvalue weighted by Crippen LogP contribution is 2.56. The fourth-order valence-corrected chi connectivity index (χ4v) is 6.81. The third-order valence-electron chi connectivity index (χ3n) is 7.30. The van der Waals surface area contributed by atoms with E-state index in [4.69, 9.17) is 0 Å².